The van der Waals surface area contributed by atoms with Gasteiger partial charge in [-0.15, -0.1) is 0 Å². The van der Waals surface area contributed by atoms with Crippen LogP contribution >= 0.6 is 0 Å². The second kappa shape index (κ2) is 11.5. The second-order valence-electron chi connectivity index (χ2n) is 11.3. The fourth-order valence-electron chi connectivity index (χ4n) is 5.51. The number of rotatable bonds is 6. The summed E-state index contributed by atoms with van der Waals surface area (Å²) in [5, 5.41) is 12.4. The summed E-state index contributed by atoms with van der Waals surface area (Å²) < 4.78 is 5.54. The molecule has 2 atom stereocenters. The van der Waals surface area contributed by atoms with Crippen LogP contribution in [0.3, 0.4) is 0 Å². The van der Waals surface area contributed by atoms with Gasteiger partial charge in [-0.3, -0.25) is 9.59 Å². The molecule has 2 fully saturated rings. The molecule has 2 aromatic rings. The van der Waals surface area contributed by atoms with E-state index in [0.717, 1.165) is 5.56 Å². The van der Waals surface area contributed by atoms with Crippen LogP contribution < -0.4 is 5.32 Å². The van der Waals surface area contributed by atoms with Gasteiger partial charge in [-0.25, -0.2) is 9.59 Å². The molecular weight excluding hydrogens is 498 g/mol. The molecule has 0 aliphatic carbocycles. The van der Waals surface area contributed by atoms with Crippen LogP contribution in [-0.2, 0) is 24.5 Å². The molecule has 2 unspecified atom stereocenters. The van der Waals surface area contributed by atoms with E-state index in [1.807, 2.05) is 51.1 Å². The molecular formula is C30H37N3O6. The van der Waals surface area contributed by atoms with E-state index in [2.05, 4.69) is 5.32 Å². The summed E-state index contributed by atoms with van der Waals surface area (Å²) in [5.41, 5.74) is -0.221. The number of aliphatic carboxylic acids is 1. The van der Waals surface area contributed by atoms with E-state index < -0.39 is 41.1 Å². The van der Waals surface area contributed by atoms with Crippen molar-refractivity contribution in [1.29, 1.82) is 0 Å². The molecule has 208 valence electrons. The zero-order chi connectivity index (χ0) is 28.2. The second-order valence-corrected chi connectivity index (χ2v) is 11.3. The minimum atomic E-state index is -1.21. The third-order valence-electron chi connectivity index (χ3n) is 7.49. The third kappa shape index (κ3) is 6.24. The maximum atomic E-state index is 14.3. The monoisotopic (exact) mass is 535 g/mol. The quantitative estimate of drug-likeness (QED) is 0.580. The van der Waals surface area contributed by atoms with Crippen LogP contribution in [0.25, 0.3) is 0 Å². The molecule has 9 heteroatoms. The number of likely N-dealkylation sites (tertiary alicyclic amines) is 2. The lowest BCUT2D eigenvalue weighted by Gasteiger charge is -2.44. The Morgan fingerprint density at radius 1 is 0.949 bits per heavy atom. The van der Waals surface area contributed by atoms with Crippen LogP contribution in [0, 0.1) is 0 Å². The predicted octanol–water partition coefficient (Wildman–Crippen LogP) is 3.89. The van der Waals surface area contributed by atoms with E-state index in [4.69, 9.17) is 4.74 Å². The molecule has 2 saturated heterocycles. The number of hydrogen-bond donors (Lipinski definition) is 2. The number of amides is 3. The van der Waals surface area contributed by atoms with Crippen LogP contribution in [-0.4, -0.2) is 70.1 Å². The van der Waals surface area contributed by atoms with E-state index in [1.165, 1.54) is 0 Å². The van der Waals surface area contributed by atoms with Crippen LogP contribution in [0.15, 0.2) is 60.7 Å². The summed E-state index contributed by atoms with van der Waals surface area (Å²) in [6.07, 6.45) is 1.47. The molecule has 0 aromatic heterocycles. The Hall–Kier alpha value is -3.88. The van der Waals surface area contributed by atoms with Gasteiger partial charge in [0.25, 0.3) is 0 Å². The average Bonchev–Trinajstić information content (AvgIpc) is 3.41. The SMILES string of the molecule is CC(C)(C)OC(=O)N1CCC(C(=O)N2CCCC2C(=O)NC(C(=O)O)c2ccccc2)(c2ccccc2)CC1. The molecule has 3 amide bonds. The predicted molar refractivity (Wildman–Crippen MR) is 145 cm³/mol. The average molecular weight is 536 g/mol. The smallest absolute Gasteiger partial charge is 0.410 e. The minimum Gasteiger partial charge on any atom is -0.479 e. The van der Waals surface area contributed by atoms with Gasteiger partial charge in [-0.2, -0.15) is 0 Å². The lowest BCUT2D eigenvalue weighted by Crippen LogP contribution is -2.57. The van der Waals surface area contributed by atoms with E-state index in [9.17, 15) is 24.3 Å². The molecule has 2 heterocycles. The van der Waals surface area contributed by atoms with Crippen molar-refractivity contribution in [2.75, 3.05) is 19.6 Å². The van der Waals surface area contributed by atoms with Crippen molar-refractivity contribution < 1.29 is 29.0 Å². The number of nitrogens with zero attached hydrogens (tertiary/aromatic N) is 2. The molecule has 2 aliphatic rings. The van der Waals surface area contributed by atoms with Crippen LogP contribution in [0.2, 0.25) is 0 Å². The Morgan fingerprint density at radius 3 is 2.10 bits per heavy atom. The number of carboxylic acid groups (broad SMARTS) is 1. The van der Waals surface area contributed by atoms with Crippen LogP contribution in [0.5, 0.6) is 0 Å². The summed E-state index contributed by atoms with van der Waals surface area (Å²) in [4.78, 5) is 55.7. The van der Waals surface area contributed by atoms with Crippen molar-refractivity contribution >= 4 is 23.9 Å². The van der Waals surface area contributed by atoms with E-state index in [0.29, 0.717) is 50.9 Å². The van der Waals surface area contributed by atoms with Crippen molar-refractivity contribution in [2.24, 2.45) is 0 Å². The summed E-state index contributed by atoms with van der Waals surface area (Å²) >= 11 is 0. The van der Waals surface area contributed by atoms with Gasteiger partial charge in [-0.1, -0.05) is 60.7 Å². The van der Waals surface area contributed by atoms with Gasteiger partial charge in [0.15, 0.2) is 6.04 Å². The zero-order valence-electron chi connectivity index (χ0n) is 22.8. The molecule has 39 heavy (non-hydrogen) atoms. The molecule has 9 nitrogen and oxygen atoms in total. The Bertz CT molecular complexity index is 1190. The van der Waals surface area contributed by atoms with Crippen LogP contribution in [0.4, 0.5) is 4.79 Å². The topological polar surface area (TPSA) is 116 Å². The first-order chi connectivity index (χ1) is 18.5. The van der Waals surface area contributed by atoms with E-state index >= 15 is 0 Å². The largest absolute Gasteiger partial charge is 0.479 e. The Labute approximate surface area is 229 Å². The molecule has 0 bridgehead atoms. The lowest BCUT2D eigenvalue weighted by molar-refractivity contribution is -0.146. The first kappa shape index (κ1) is 28.1. The van der Waals surface area contributed by atoms with Crippen molar-refractivity contribution in [2.45, 2.75) is 69.6 Å². The first-order valence-corrected chi connectivity index (χ1v) is 13.4. The van der Waals surface area contributed by atoms with Crippen molar-refractivity contribution in [3.8, 4) is 0 Å². The Kier molecular flexibility index (Phi) is 8.28. The summed E-state index contributed by atoms with van der Waals surface area (Å²) in [6.45, 7) is 6.54. The standard InChI is InChI=1S/C30H37N3O6/c1-29(2,3)39-28(38)32-19-16-30(17-20-32,22-13-8-5-9-14-22)27(37)33-18-10-15-23(33)25(34)31-24(26(35)36)21-11-6-4-7-12-21/h4-9,11-14,23-24H,10,15-20H2,1-3H3,(H,31,34)(H,35,36). The number of carbonyl (C=O) groups is 4. The number of carboxylic acids is 1. The molecule has 0 spiro atoms. The van der Waals surface area contributed by atoms with Gasteiger partial charge in [0.1, 0.15) is 11.6 Å². The highest BCUT2D eigenvalue weighted by atomic mass is 16.6. The summed E-state index contributed by atoms with van der Waals surface area (Å²) in [5.74, 6) is -1.81. The highest BCUT2D eigenvalue weighted by Crippen LogP contribution is 2.39. The Morgan fingerprint density at radius 2 is 1.54 bits per heavy atom. The Balaban J connectivity index is 1.56. The number of nitrogens with one attached hydrogen (secondary N) is 1. The van der Waals surface area contributed by atoms with Gasteiger partial charge in [0, 0.05) is 19.6 Å². The van der Waals surface area contributed by atoms with Crippen LogP contribution in [0.1, 0.15) is 63.6 Å². The van der Waals surface area contributed by atoms with Crippen molar-refractivity contribution in [1.82, 2.24) is 15.1 Å². The van der Waals surface area contributed by atoms with Gasteiger partial charge in [0.2, 0.25) is 11.8 Å². The summed E-state index contributed by atoms with van der Waals surface area (Å²) in [7, 11) is 0. The normalized spacial score (nSPS) is 19.7. The number of piperidine rings is 1. The number of ether oxygens (including phenoxy) is 1. The molecule has 2 aliphatic heterocycles. The maximum Gasteiger partial charge on any atom is 0.410 e. The van der Waals surface area contributed by atoms with Crippen molar-refractivity contribution in [3.63, 3.8) is 0 Å². The van der Waals surface area contributed by atoms with Crippen molar-refractivity contribution in [3.05, 3.63) is 71.8 Å². The lowest BCUT2D eigenvalue weighted by atomic mass is 9.71. The fourth-order valence-corrected chi connectivity index (χ4v) is 5.51. The third-order valence-corrected chi connectivity index (χ3v) is 7.49. The van der Waals surface area contributed by atoms with E-state index in [1.54, 1.807) is 40.1 Å². The van der Waals surface area contributed by atoms with Gasteiger partial charge < -0.3 is 25.0 Å². The highest BCUT2D eigenvalue weighted by Gasteiger charge is 2.49. The number of benzene rings is 2. The summed E-state index contributed by atoms with van der Waals surface area (Å²) in [6, 6.07) is 16.0. The number of hydrogen-bond acceptors (Lipinski definition) is 5. The van der Waals surface area contributed by atoms with Gasteiger partial charge in [-0.05, 0) is 57.6 Å². The fraction of sp³-hybridized carbons (Fsp3) is 0.467. The molecule has 2 aromatic carbocycles. The molecule has 0 radical (unpaired) electrons. The van der Waals surface area contributed by atoms with Gasteiger partial charge in [0.05, 0.1) is 5.41 Å². The van der Waals surface area contributed by atoms with Gasteiger partial charge >= 0.3 is 12.1 Å². The zero-order valence-corrected chi connectivity index (χ0v) is 22.8. The molecule has 2 N–H and O–H groups in total. The number of carbonyl (C=O) groups excluding carboxylic acids is 3. The molecule has 0 saturated carbocycles. The highest BCUT2D eigenvalue weighted by molar-refractivity contribution is 5.95. The molecule has 4 rings (SSSR count). The maximum absolute atomic E-state index is 14.3. The first-order valence-electron chi connectivity index (χ1n) is 13.4. The minimum absolute atomic E-state index is 0.165. The van der Waals surface area contributed by atoms with E-state index in [-0.39, 0.29) is 5.91 Å².